The van der Waals surface area contributed by atoms with Crippen molar-refractivity contribution in [3.63, 3.8) is 0 Å². The van der Waals surface area contributed by atoms with Gasteiger partial charge >= 0.3 is 5.97 Å². The molecule has 0 radical (unpaired) electrons. The monoisotopic (exact) mass is 271 g/mol. The molecule has 0 saturated heterocycles. The summed E-state index contributed by atoms with van der Waals surface area (Å²) in [5.41, 5.74) is 4.51. The lowest BCUT2D eigenvalue weighted by atomic mass is 9.98. The fourth-order valence-corrected chi connectivity index (χ4v) is 2.88. The van der Waals surface area contributed by atoms with Crippen LogP contribution in [0.15, 0.2) is 5.16 Å². The molecule has 3 N–H and O–H groups in total. The van der Waals surface area contributed by atoms with Crippen LogP contribution in [0.1, 0.15) is 39.2 Å². The fourth-order valence-electron chi connectivity index (χ4n) is 1.72. The second-order valence-corrected chi connectivity index (χ2v) is 6.40. The summed E-state index contributed by atoms with van der Waals surface area (Å²) in [5.74, 6) is -0.989. The van der Waals surface area contributed by atoms with E-state index >= 15 is 0 Å². The number of thioether (sulfide) groups is 1. The minimum atomic E-state index is -1.22. The molecule has 1 aromatic rings. The predicted octanol–water partition coefficient (Wildman–Crippen LogP) is 0.681. The summed E-state index contributed by atoms with van der Waals surface area (Å²) in [6.45, 7) is 3.46. The summed E-state index contributed by atoms with van der Waals surface area (Å²) < 4.78 is 1.82. The number of hydrogen-bond acceptors (Lipinski definition) is 6. The van der Waals surface area contributed by atoms with E-state index in [4.69, 9.17) is 10.8 Å². The van der Waals surface area contributed by atoms with Crippen LogP contribution in [0.25, 0.3) is 0 Å². The van der Waals surface area contributed by atoms with Gasteiger partial charge < -0.3 is 10.8 Å². The van der Waals surface area contributed by atoms with E-state index in [0.29, 0.717) is 12.5 Å². The Balaban J connectivity index is 1.96. The number of tetrazole rings is 1. The van der Waals surface area contributed by atoms with Crippen LogP contribution in [0.2, 0.25) is 0 Å². The van der Waals surface area contributed by atoms with Crippen LogP contribution in [-0.4, -0.2) is 42.1 Å². The summed E-state index contributed by atoms with van der Waals surface area (Å²) in [6.07, 6.45) is 2.58. The van der Waals surface area contributed by atoms with Crippen molar-refractivity contribution in [1.82, 2.24) is 20.2 Å². The van der Waals surface area contributed by atoms with Crippen molar-refractivity contribution in [2.24, 2.45) is 5.73 Å². The zero-order chi connectivity index (χ0) is 13.3. The van der Waals surface area contributed by atoms with Crippen LogP contribution in [0.4, 0.5) is 0 Å². The molecule has 2 rings (SSSR count). The van der Waals surface area contributed by atoms with E-state index in [2.05, 4.69) is 15.5 Å². The molecule has 0 aromatic carbocycles. The normalized spacial score (nSPS) is 20.4. The van der Waals surface area contributed by atoms with E-state index < -0.39 is 11.5 Å². The summed E-state index contributed by atoms with van der Waals surface area (Å²) in [6, 6.07) is 0.415. The highest BCUT2D eigenvalue weighted by Gasteiger charge is 2.32. The molecular weight excluding hydrogens is 254 g/mol. The summed E-state index contributed by atoms with van der Waals surface area (Å²) in [4.78, 5) is 11.0. The van der Waals surface area contributed by atoms with Gasteiger partial charge in [-0.25, -0.2) is 4.68 Å². The zero-order valence-corrected chi connectivity index (χ0v) is 11.2. The third-order valence-corrected chi connectivity index (χ3v) is 3.91. The highest BCUT2D eigenvalue weighted by Crippen LogP contribution is 2.37. The minimum Gasteiger partial charge on any atom is -0.480 e. The number of rotatable bonds is 6. The highest BCUT2D eigenvalue weighted by atomic mass is 32.2. The van der Waals surface area contributed by atoms with Gasteiger partial charge in [0.1, 0.15) is 5.54 Å². The molecule has 2 atom stereocenters. The first-order chi connectivity index (χ1) is 8.40. The fraction of sp³-hybridized carbons (Fsp3) is 0.800. The molecule has 1 saturated carbocycles. The first-order valence-electron chi connectivity index (χ1n) is 5.87. The van der Waals surface area contributed by atoms with Crippen molar-refractivity contribution in [2.45, 2.75) is 55.1 Å². The molecule has 0 amide bonds. The van der Waals surface area contributed by atoms with Crippen LogP contribution in [0.5, 0.6) is 0 Å². The van der Waals surface area contributed by atoms with Crippen LogP contribution in [0, 0.1) is 0 Å². The van der Waals surface area contributed by atoms with E-state index in [1.165, 1.54) is 18.7 Å². The summed E-state index contributed by atoms with van der Waals surface area (Å²) >= 11 is 1.47. The van der Waals surface area contributed by atoms with Crippen molar-refractivity contribution in [3.05, 3.63) is 0 Å². The third-order valence-electron chi connectivity index (χ3n) is 2.86. The van der Waals surface area contributed by atoms with Crippen LogP contribution >= 0.6 is 11.8 Å². The van der Waals surface area contributed by atoms with Gasteiger partial charge in [-0.1, -0.05) is 18.7 Å². The number of nitrogens with zero attached hydrogens (tertiary/aromatic N) is 4. The first kappa shape index (κ1) is 13.3. The first-order valence-corrected chi connectivity index (χ1v) is 6.75. The second-order valence-electron chi connectivity index (χ2n) is 4.99. The Bertz CT molecular complexity index is 443. The lowest BCUT2D eigenvalue weighted by Gasteiger charge is -2.22. The molecule has 2 unspecified atom stereocenters. The molecule has 7 nitrogen and oxygen atoms in total. The van der Waals surface area contributed by atoms with Crippen molar-refractivity contribution in [2.75, 3.05) is 0 Å². The van der Waals surface area contributed by atoms with Gasteiger partial charge in [-0.3, -0.25) is 4.79 Å². The van der Waals surface area contributed by atoms with Crippen LogP contribution < -0.4 is 5.73 Å². The van der Waals surface area contributed by atoms with Crippen LogP contribution in [0.3, 0.4) is 0 Å². The third kappa shape index (κ3) is 2.99. The van der Waals surface area contributed by atoms with E-state index in [0.717, 1.165) is 18.0 Å². The van der Waals surface area contributed by atoms with Gasteiger partial charge in [0.25, 0.3) is 0 Å². The predicted molar refractivity (Wildman–Crippen MR) is 66.3 cm³/mol. The maximum absolute atomic E-state index is 11.0. The van der Waals surface area contributed by atoms with E-state index in [-0.39, 0.29) is 5.25 Å². The van der Waals surface area contributed by atoms with Crippen molar-refractivity contribution in [3.8, 4) is 0 Å². The molecule has 1 aromatic heterocycles. The Morgan fingerprint density at radius 3 is 2.94 bits per heavy atom. The Hall–Kier alpha value is -1.15. The van der Waals surface area contributed by atoms with Gasteiger partial charge in [-0.05, 0) is 36.6 Å². The zero-order valence-electron chi connectivity index (χ0n) is 10.4. The van der Waals surface area contributed by atoms with Gasteiger partial charge in [0.15, 0.2) is 0 Å². The standard InChI is InChI=1S/C10H17N5O2S/c1-6(5-10(2,11)8(16)17)18-9-12-13-14-15(9)7-3-4-7/h6-7H,3-5,11H2,1-2H3,(H,16,17). The Morgan fingerprint density at radius 2 is 2.39 bits per heavy atom. The molecule has 100 valence electrons. The van der Waals surface area contributed by atoms with Gasteiger partial charge in [-0.2, -0.15) is 0 Å². The average molecular weight is 271 g/mol. The number of hydrogen-bond donors (Lipinski definition) is 2. The molecule has 1 fully saturated rings. The maximum atomic E-state index is 11.0. The van der Waals surface area contributed by atoms with Crippen molar-refractivity contribution < 1.29 is 9.90 Å². The molecular formula is C10H17N5O2S. The molecule has 0 bridgehead atoms. The number of carbonyl (C=O) groups is 1. The number of aliphatic carboxylic acids is 1. The quantitative estimate of drug-likeness (QED) is 0.732. The molecule has 0 aliphatic heterocycles. The maximum Gasteiger partial charge on any atom is 0.323 e. The molecule has 1 aliphatic carbocycles. The lowest BCUT2D eigenvalue weighted by molar-refractivity contribution is -0.142. The lowest BCUT2D eigenvalue weighted by Crippen LogP contribution is -2.46. The number of aromatic nitrogens is 4. The number of nitrogens with two attached hydrogens (primary N) is 1. The molecule has 1 heterocycles. The Kier molecular flexibility index (Phi) is 3.58. The Morgan fingerprint density at radius 1 is 1.72 bits per heavy atom. The Labute approximate surface area is 109 Å². The minimum absolute atomic E-state index is 0.0413. The van der Waals surface area contributed by atoms with Gasteiger partial charge in [0.05, 0.1) is 6.04 Å². The average Bonchev–Trinajstić information content (AvgIpc) is 2.99. The summed E-state index contributed by atoms with van der Waals surface area (Å²) in [5, 5.41) is 21.4. The number of carboxylic acids is 1. The highest BCUT2D eigenvalue weighted by molar-refractivity contribution is 7.99. The van der Waals surface area contributed by atoms with Gasteiger partial charge in [-0.15, -0.1) is 5.10 Å². The second kappa shape index (κ2) is 4.85. The van der Waals surface area contributed by atoms with Crippen molar-refractivity contribution in [1.29, 1.82) is 0 Å². The van der Waals surface area contributed by atoms with Crippen molar-refractivity contribution >= 4 is 17.7 Å². The van der Waals surface area contributed by atoms with E-state index in [1.54, 1.807) is 0 Å². The van der Waals surface area contributed by atoms with Gasteiger partial charge in [0, 0.05) is 5.25 Å². The molecule has 18 heavy (non-hydrogen) atoms. The molecule has 1 aliphatic rings. The largest absolute Gasteiger partial charge is 0.480 e. The number of carboxylic acid groups (broad SMARTS) is 1. The van der Waals surface area contributed by atoms with E-state index in [9.17, 15) is 4.79 Å². The van der Waals surface area contributed by atoms with E-state index in [1.807, 2.05) is 11.6 Å². The molecule has 0 spiro atoms. The van der Waals surface area contributed by atoms with Crippen LogP contribution in [-0.2, 0) is 4.79 Å². The topological polar surface area (TPSA) is 107 Å². The smallest absolute Gasteiger partial charge is 0.323 e. The summed E-state index contributed by atoms with van der Waals surface area (Å²) in [7, 11) is 0. The van der Waals surface area contributed by atoms with Gasteiger partial charge in [0.2, 0.25) is 5.16 Å². The molecule has 8 heteroatoms. The SMILES string of the molecule is CC(CC(C)(N)C(=O)O)Sc1nnnn1C1CC1.